The zero-order valence-electron chi connectivity index (χ0n) is 8.86. The average Bonchev–Trinajstić information content (AvgIpc) is 2.14. The van der Waals surface area contributed by atoms with Gasteiger partial charge in [0.05, 0.1) is 4.90 Å². The van der Waals surface area contributed by atoms with Gasteiger partial charge in [-0.05, 0) is 47.0 Å². The Bertz CT molecular complexity index is 529. The summed E-state index contributed by atoms with van der Waals surface area (Å²) in [6, 6.07) is 3.43. The van der Waals surface area contributed by atoms with Crippen molar-refractivity contribution in [3.8, 4) is 0 Å². The molecule has 2 rings (SSSR count). The van der Waals surface area contributed by atoms with Crippen LogP contribution in [0.3, 0.4) is 0 Å². The highest BCUT2D eigenvalue weighted by atomic mass is 79.9. The quantitative estimate of drug-likeness (QED) is 0.882. The van der Waals surface area contributed by atoms with Crippen molar-refractivity contribution in [2.45, 2.75) is 29.8 Å². The maximum atomic E-state index is 12.9. The van der Waals surface area contributed by atoms with E-state index in [1.165, 1.54) is 6.07 Å². The lowest BCUT2D eigenvalue weighted by atomic mass is 9.89. The summed E-state index contributed by atoms with van der Waals surface area (Å²) >= 11 is 3.04. The third kappa shape index (κ3) is 2.85. The van der Waals surface area contributed by atoms with Crippen LogP contribution < -0.4 is 10.5 Å². The van der Waals surface area contributed by atoms with Crippen molar-refractivity contribution in [2.75, 3.05) is 0 Å². The molecular weight excluding hydrogens is 311 g/mol. The van der Waals surface area contributed by atoms with Crippen molar-refractivity contribution in [3.63, 3.8) is 0 Å². The van der Waals surface area contributed by atoms with Crippen molar-refractivity contribution in [1.82, 2.24) is 4.72 Å². The van der Waals surface area contributed by atoms with Crippen LogP contribution >= 0.6 is 15.9 Å². The first kappa shape index (κ1) is 12.9. The van der Waals surface area contributed by atoms with Crippen LogP contribution in [0.25, 0.3) is 0 Å². The third-order valence-corrected chi connectivity index (χ3v) is 5.18. The maximum absolute atomic E-state index is 12.9. The second kappa shape index (κ2) is 4.64. The molecule has 0 aromatic heterocycles. The summed E-state index contributed by atoms with van der Waals surface area (Å²) in [6.45, 7) is 0. The predicted octanol–water partition coefficient (Wildman–Crippen LogP) is 1.36. The summed E-state index contributed by atoms with van der Waals surface area (Å²) in [5.74, 6) is -0.485. The molecule has 0 spiro atoms. The van der Waals surface area contributed by atoms with Gasteiger partial charge in [-0.1, -0.05) is 0 Å². The van der Waals surface area contributed by atoms with Gasteiger partial charge < -0.3 is 5.73 Å². The largest absolute Gasteiger partial charge is 0.328 e. The summed E-state index contributed by atoms with van der Waals surface area (Å²) in [5.41, 5.74) is 5.58. The van der Waals surface area contributed by atoms with Gasteiger partial charge in [-0.3, -0.25) is 0 Å². The Morgan fingerprint density at radius 3 is 2.59 bits per heavy atom. The first-order valence-electron chi connectivity index (χ1n) is 5.11. The van der Waals surface area contributed by atoms with Gasteiger partial charge in [-0.15, -0.1) is 0 Å². The molecule has 4 nitrogen and oxygen atoms in total. The fraction of sp³-hybridized carbons (Fsp3) is 0.400. The molecule has 0 saturated heterocycles. The lowest BCUT2D eigenvalue weighted by molar-refractivity contribution is 0.327. The molecule has 0 unspecified atom stereocenters. The summed E-state index contributed by atoms with van der Waals surface area (Å²) in [5, 5.41) is 0. The molecule has 0 heterocycles. The van der Waals surface area contributed by atoms with Crippen LogP contribution in [0.2, 0.25) is 0 Å². The van der Waals surface area contributed by atoms with Gasteiger partial charge >= 0.3 is 0 Å². The normalized spacial score (nSPS) is 24.4. The number of benzene rings is 1. The second-order valence-corrected chi connectivity index (χ2v) is 6.66. The number of hydrogen-bond donors (Lipinski definition) is 2. The smallest absolute Gasteiger partial charge is 0.241 e. The van der Waals surface area contributed by atoms with E-state index in [1.54, 1.807) is 0 Å². The summed E-state index contributed by atoms with van der Waals surface area (Å²) in [6.07, 6.45) is 1.27. The second-order valence-electron chi connectivity index (χ2n) is 4.12. The van der Waals surface area contributed by atoms with Gasteiger partial charge in [0.1, 0.15) is 5.82 Å². The number of halogens is 2. The Morgan fingerprint density at radius 2 is 2.06 bits per heavy atom. The lowest BCUT2D eigenvalue weighted by Crippen LogP contribution is -2.50. The van der Waals surface area contributed by atoms with Crippen LogP contribution in [0.15, 0.2) is 27.6 Å². The van der Waals surface area contributed by atoms with Crippen LogP contribution in [-0.2, 0) is 10.0 Å². The zero-order chi connectivity index (χ0) is 12.6. The molecule has 0 radical (unpaired) electrons. The molecule has 1 saturated carbocycles. The Kier molecular flexibility index (Phi) is 3.53. The highest BCUT2D eigenvalue weighted by Gasteiger charge is 2.31. The molecule has 1 fully saturated rings. The molecule has 1 aliphatic carbocycles. The fourth-order valence-corrected chi connectivity index (χ4v) is 4.05. The van der Waals surface area contributed by atoms with E-state index >= 15 is 0 Å². The van der Waals surface area contributed by atoms with E-state index in [4.69, 9.17) is 5.73 Å². The van der Waals surface area contributed by atoms with Gasteiger partial charge in [0.2, 0.25) is 10.0 Å². The molecule has 0 amide bonds. The minimum atomic E-state index is -3.61. The van der Waals surface area contributed by atoms with E-state index in [9.17, 15) is 12.8 Å². The summed E-state index contributed by atoms with van der Waals surface area (Å²) in [4.78, 5) is 0.0411. The summed E-state index contributed by atoms with van der Waals surface area (Å²) < 4.78 is 39.6. The standard InChI is InChI=1S/C10H12BrFN2O2S/c11-9-3-6(12)1-2-10(9)17(15,16)14-8-4-7(13)5-8/h1-3,7-8,14H,4-5,13H2. The van der Waals surface area contributed by atoms with Gasteiger partial charge in [0.25, 0.3) is 0 Å². The number of rotatable bonds is 3. The minimum Gasteiger partial charge on any atom is -0.328 e. The first-order valence-corrected chi connectivity index (χ1v) is 7.39. The Labute approximate surface area is 108 Å². The van der Waals surface area contributed by atoms with Crippen molar-refractivity contribution in [1.29, 1.82) is 0 Å². The van der Waals surface area contributed by atoms with Gasteiger partial charge in [-0.25, -0.2) is 17.5 Å². The minimum absolute atomic E-state index is 0.0411. The van der Waals surface area contributed by atoms with Crippen LogP contribution in [0.4, 0.5) is 4.39 Å². The summed E-state index contributed by atoms with van der Waals surface area (Å²) in [7, 11) is -3.61. The third-order valence-electron chi connectivity index (χ3n) is 2.68. The molecular formula is C10H12BrFN2O2S. The molecule has 17 heavy (non-hydrogen) atoms. The van der Waals surface area contributed by atoms with E-state index < -0.39 is 15.8 Å². The van der Waals surface area contributed by atoms with Crippen molar-refractivity contribution in [2.24, 2.45) is 5.73 Å². The average molecular weight is 323 g/mol. The van der Waals surface area contributed by atoms with Gasteiger partial charge in [0.15, 0.2) is 0 Å². The highest BCUT2D eigenvalue weighted by molar-refractivity contribution is 9.10. The Hall–Kier alpha value is -0.500. The number of nitrogens with two attached hydrogens (primary N) is 1. The number of hydrogen-bond acceptors (Lipinski definition) is 3. The van der Waals surface area contributed by atoms with Crippen molar-refractivity contribution in [3.05, 3.63) is 28.5 Å². The van der Waals surface area contributed by atoms with Gasteiger partial charge in [-0.2, -0.15) is 0 Å². The van der Waals surface area contributed by atoms with E-state index in [0.717, 1.165) is 12.1 Å². The highest BCUT2D eigenvalue weighted by Crippen LogP contribution is 2.25. The topological polar surface area (TPSA) is 72.2 Å². The molecule has 0 bridgehead atoms. The van der Waals surface area contributed by atoms with E-state index in [2.05, 4.69) is 20.7 Å². The number of nitrogens with one attached hydrogen (secondary N) is 1. The fourth-order valence-electron chi connectivity index (χ4n) is 1.73. The van der Waals surface area contributed by atoms with Crippen LogP contribution in [0, 0.1) is 5.82 Å². The molecule has 1 aromatic carbocycles. The molecule has 1 aromatic rings. The lowest BCUT2D eigenvalue weighted by Gasteiger charge is -2.32. The maximum Gasteiger partial charge on any atom is 0.241 e. The Morgan fingerprint density at radius 1 is 1.41 bits per heavy atom. The van der Waals surface area contributed by atoms with Crippen molar-refractivity contribution >= 4 is 26.0 Å². The molecule has 1 aliphatic rings. The first-order chi connectivity index (χ1) is 7.88. The predicted molar refractivity (Wildman–Crippen MR) is 65.4 cm³/mol. The van der Waals surface area contributed by atoms with Crippen LogP contribution in [-0.4, -0.2) is 20.5 Å². The van der Waals surface area contributed by atoms with Gasteiger partial charge in [0, 0.05) is 16.6 Å². The Balaban J connectivity index is 2.20. The van der Waals surface area contributed by atoms with E-state index in [1.807, 2.05) is 0 Å². The van der Waals surface area contributed by atoms with Crippen LogP contribution in [0.1, 0.15) is 12.8 Å². The zero-order valence-corrected chi connectivity index (χ0v) is 11.3. The molecule has 3 N–H and O–H groups in total. The molecule has 0 aliphatic heterocycles. The monoisotopic (exact) mass is 322 g/mol. The number of sulfonamides is 1. The van der Waals surface area contributed by atoms with Crippen LogP contribution in [0.5, 0.6) is 0 Å². The van der Waals surface area contributed by atoms with Crippen molar-refractivity contribution < 1.29 is 12.8 Å². The molecule has 7 heteroatoms. The molecule has 94 valence electrons. The molecule has 0 atom stereocenters. The van der Waals surface area contributed by atoms with E-state index in [-0.39, 0.29) is 21.5 Å². The SMILES string of the molecule is NC1CC(NS(=O)(=O)c2ccc(F)cc2Br)C1. The van der Waals surface area contributed by atoms with E-state index in [0.29, 0.717) is 12.8 Å².